The van der Waals surface area contributed by atoms with Gasteiger partial charge in [-0.25, -0.2) is 0 Å². The van der Waals surface area contributed by atoms with Crippen LogP contribution in [0.1, 0.15) is 0 Å². The first-order valence-electron chi connectivity index (χ1n) is 5.97. The van der Waals surface area contributed by atoms with E-state index in [4.69, 9.17) is 10.5 Å². The Morgan fingerprint density at radius 1 is 1.24 bits per heavy atom. The molecule has 1 aromatic carbocycles. The Labute approximate surface area is 101 Å². The van der Waals surface area contributed by atoms with Crippen LogP contribution in [0.15, 0.2) is 30.5 Å². The van der Waals surface area contributed by atoms with Crippen LogP contribution in [0.5, 0.6) is 0 Å². The van der Waals surface area contributed by atoms with Crippen LogP contribution in [0.25, 0.3) is 10.9 Å². The third kappa shape index (κ3) is 2.14. The molecule has 0 radical (unpaired) electrons. The first kappa shape index (κ1) is 10.6. The van der Waals surface area contributed by atoms with Gasteiger partial charge in [0.15, 0.2) is 0 Å². The van der Waals surface area contributed by atoms with E-state index in [1.54, 1.807) is 0 Å². The van der Waals surface area contributed by atoms with Crippen LogP contribution < -0.4 is 5.73 Å². The van der Waals surface area contributed by atoms with E-state index in [1.807, 2.05) is 12.1 Å². The van der Waals surface area contributed by atoms with Gasteiger partial charge in [0.2, 0.25) is 0 Å². The van der Waals surface area contributed by atoms with Crippen molar-refractivity contribution in [1.82, 2.24) is 9.47 Å². The number of fused-ring (bicyclic) bond motifs is 1. The van der Waals surface area contributed by atoms with Gasteiger partial charge in [-0.3, -0.25) is 4.90 Å². The zero-order valence-electron chi connectivity index (χ0n) is 9.80. The number of hydrogen-bond donors (Lipinski definition) is 1. The first-order valence-corrected chi connectivity index (χ1v) is 5.97. The van der Waals surface area contributed by atoms with E-state index in [2.05, 4.69) is 27.8 Å². The molecule has 0 atom stereocenters. The SMILES string of the molecule is Nc1ccc2ccn(CCN3CCOC3)c2c1. The molecule has 2 heterocycles. The number of benzene rings is 1. The summed E-state index contributed by atoms with van der Waals surface area (Å²) in [5, 5.41) is 1.25. The van der Waals surface area contributed by atoms with E-state index >= 15 is 0 Å². The van der Waals surface area contributed by atoms with Gasteiger partial charge in [0, 0.05) is 31.5 Å². The summed E-state index contributed by atoms with van der Waals surface area (Å²) in [6.45, 7) is 4.68. The number of anilines is 1. The van der Waals surface area contributed by atoms with E-state index in [1.165, 1.54) is 10.9 Å². The minimum Gasteiger partial charge on any atom is -0.399 e. The molecule has 0 bridgehead atoms. The lowest BCUT2D eigenvalue weighted by atomic mass is 10.2. The molecule has 1 fully saturated rings. The van der Waals surface area contributed by atoms with Crippen molar-refractivity contribution < 1.29 is 4.74 Å². The highest BCUT2D eigenvalue weighted by molar-refractivity contribution is 5.83. The zero-order chi connectivity index (χ0) is 11.7. The first-order chi connectivity index (χ1) is 8.33. The van der Waals surface area contributed by atoms with Gasteiger partial charge in [-0.15, -0.1) is 0 Å². The maximum absolute atomic E-state index is 5.83. The van der Waals surface area contributed by atoms with Gasteiger partial charge in [0.25, 0.3) is 0 Å². The largest absolute Gasteiger partial charge is 0.399 e. The summed E-state index contributed by atoms with van der Waals surface area (Å²) < 4.78 is 7.58. The van der Waals surface area contributed by atoms with Crippen LogP contribution in [0.4, 0.5) is 5.69 Å². The van der Waals surface area contributed by atoms with Gasteiger partial charge in [0.1, 0.15) is 0 Å². The van der Waals surface area contributed by atoms with E-state index in [-0.39, 0.29) is 0 Å². The van der Waals surface area contributed by atoms with E-state index < -0.39 is 0 Å². The summed E-state index contributed by atoms with van der Waals surface area (Å²) in [6, 6.07) is 8.19. The number of nitrogen functional groups attached to an aromatic ring is 1. The average Bonchev–Trinajstić information content (AvgIpc) is 2.94. The third-order valence-electron chi connectivity index (χ3n) is 3.28. The van der Waals surface area contributed by atoms with Crippen LogP contribution >= 0.6 is 0 Å². The molecule has 0 spiro atoms. The van der Waals surface area contributed by atoms with Crippen molar-refractivity contribution in [2.24, 2.45) is 0 Å². The highest BCUT2D eigenvalue weighted by atomic mass is 16.5. The Balaban J connectivity index is 1.77. The fourth-order valence-corrected chi connectivity index (χ4v) is 2.27. The van der Waals surface area contributed by atoms with Gasteiger partial charge in [0.05, 0.1) is 18.9 Å². The van der Waals surface area contributed by atoms with Crippen molar-refractivity contribution in [3.05, 3.63) is 30.5 Å². The molecule has 2 aromatic rings. The second kappa shape index (κ2) is 4.39. The summed E-state index contributed by atoms with van der Waals surface area (Å²) in [5.41, 5.74) is 7.86. The number of aromatic nitrogens is 1. The average molecular weight is 231 g/mol. The summed E-state index contributed by atoms with van der Waals surface area (Å²) >= 11 is 0. The minimum atomic E-state index is 0.765. The molecule has 1 aliphatic heterocycles. The predicted octanol–water partition coefficient (Wildman–Crippen LogP) is 1.51. The quantitative estimate of drug-likeness (QED) is 0.814. The molecule has 1 saturated heterocycles. The third-order valence-corrected chi connectivity index (χ3v) is 3.28. The lowest BCUT2D eigenvalue weighted by Gasteiger charge is -2.13. The standard InChI is InChI=1S/C13H17N3O/c14-12-2-1-11-3-4-16(13(11)9-12)6-5-15-7-8-17-10-15/h1-4,9H,5-8,10,14H2. The number of hydrogen-bond acceptors (Lipinski definition) is 3. The Morgan fingerprint density at radius 2 is 2.18 bits per heavy atom. The number of rotatable bonds is 3. The second-order valence-electron chi connectivity index (χ2n) is 4.48. The summed E-state index contributed by atoms with van der Waals surface area (Å²) in [5.74, 6) is 0. The number of ether oxygens (including phenoxy) is 1. The lowest BCUT2D eigenvalue weighted by Crippen LogP contribution is -2.24. The van der Waals surface area contributed by atoms with Crippen molar-refractivity contribution >= 4 is 16.6 Å². The molecule has 2 N–H and O–H groups in total. The Bertz CT molecular complexity index is 514. The molecular weight excluding hydrogens is 214 g/mol. The molecule has 17 heavy (non-hydrogen) atoms. The van der Waals surface area contributed by atoms with E-state index in [0.29, 0.717) is 0 Å². The molecule has 90 valence electrons. The fourth-order valence-electron chi connectivity index (χ4n) is 2.27. The molecule has 0 amide bonds. The number of nitrogens with two attached hydrogens (primary N) is 1. The van der Waals surface area contributed by atoms with Crippen LogP contribution in [0.2, 0.25) is 0 Å². The molecule has 1 aliphatic rings. The van der Waals surface area contributed by atoms with Crippen molar-refractivity contribution in [2.45, 2.75) is 6.54 Å². The van der Waals surface area contributed by atoms with Crippen LogP contribution in [-0.4, -0.2) is 35.9 Å². The number of nitrogens with zero attached hydrogens (tertiary/aromatic N) is 2. The molecule has 0 aliphatic carbocycles. The van der Waals surface area contributed by atoms with E-state index in [0.717, 1.165) is 38.7 Å². The maximum atomic E-state index is 5.83. The van der Waals surface area contributed by atoms with Crippen molar-refractivity contribution in [3.63, 3.8) is 0 Å². The van der Waals surface area contributed by atoms with Gasteiger partial charge < -0.3 is 15.0 Å². The van der Waals surface area contributed by atoms with Gasteiger partial charge in [-0.05, 0) is 23.6 Å². The summed E-state index contributed by atoms with van der Waals surface area (Å²) in [7, 11) is 0. The van der Waals surface area contributed by atoms with Gasteiger partial charge >= 0.3 is 0 Å². The Morgan fingerprint density at radius 3 is 3.00 bits per heavy atom. The highest BCUT2D eigenvalue weighted by Gasteiger charge is 2.11. The summed E-state index contributed by atoms with van der Waals surface area (Å²) in [6.07, 6.45) is 2.13. The van der Waals surface area contributed by atoms with Crippen LogP contribution in [0, 0.1) is 0 Å². The van der Waals surface area contributed by atoms with Crippen LogP contribution in [-0.2, 0) is 11.3 Å². The molecule has 4 heteroatoms. The van der Waals surface area contributed by atoms with Crippen molar-refractivity contribution in [1.29, 1.82) is 0 Å². The molecule has 1 aromatic heterocycles. The van der Waals surface area contributed by atoms with Crippen molar-refractivity contribution in [2.75, 3.05) is 32.2 Å². The predicted molar refractivity (Wildman–Crippen MR) is 68.7 cm³/mol. The van der Waals surface area contributed by atoms with Crippen LogP contribution in [0.3, 0.4) is 0 Å². The second-order valence-corrected chi connectivity index (χ2v) is 4.48. The topological polar surface area (TPSA) is 43.4 Å². The van der Waals surface area contributed by atoms with Crippen molar-refractivity contribution in [3.8, 4) is 0 Å². The monoisotopic (exact) mass is 231 g/mol. The Hall–Kier alpha value is -1.52. The van der Waals surface area contributed by atoms with E-state index in [9.17, 15) is 0 Å². The smallest absolute Gasteiger partial charge is 0.0992 e. The molecule has 0 saturated carbocycles. The molecule has 3 rings (SSSR count). The zero-order valence-corrected chi connectivity index (χ0v) is 9.80. The summed E-state index contributed by atoms with van der Waals surface area (Å²) in [4.78, 5) is 2.32. The Kier molecular flexibility index (Phi) is 2.74. The van der Waals surface area contributed by atoms with Gasteiger partial charge in [-0.2, -0.15) is 0 Å². The molecular formula is C13H17N3O. The lowest BCUT2D eigenvalue weighted by molar-refractivity contribution is 0.139. The normalized spacial score (nSPS) is 16.9. The minimum absolute atomic E-state index is 0.765. The highest BCUT2D eigenvalue weighted by Crippen LogP contribution is 2.18. The van der Waals surface area contributed by atoms with Gasteiger partial charge in [-0.1, -0.05) is 6.07 Å². The molecule has 4 nitrogen and oxygen atoms in total. The fraction of sp³-hybridized carbons (Fsp3) is 0.385. The molecule has 0 unspecified atom stereocenters. The maximum Gasteiger partial charge on any atom is 0.0992 e.